The van der Waals surface area contributed by atoms with Crippen LogP contribution < -0.4 is 0 Å². The molecule has 0 spiro atoms. The molecule has 0 aliphatic rings. The minimum Gasteiger partial charge on any atom is -0.455 e. The van der Waals surface area contributed by atoms with Gasteiger partial charge >= 0.3 is 0 Å². The van der Waals surface area contributed by atoms with E-state index in [-0.39, 0.29) is 0 Å². The van der Waals surface area contributed by atoms with E-state index in [1.807, 2.05) is 12.1 Å². The van der Waals surface area contributed by atoms with Gasteiger partial charge in [-0.15, -0.1) is 0 Å². The van der Waals surface area contributed by atoms with Crippen LogP contribution in [0.25, 0.3) is 11.3 Å². The molecular weight excluding hydrogens is 202 g/mol. The Morgan fingerprint density at radius 3 is 2.62 bits per heavy atom. The van der Waals surface area contributed by atoms with E-state index in [0.717, 1.165) is 11.3 Å². The van der Waals surface area contributed by atoms with Gasteiger partial charge in [0.2, 0.25) is 0 Å². The molecule has 2 aromatic rings. The van der Waals surface area contributed by atoms with E-state index in [4.69, 9.17) is 9.62 Å². The van der Waals surface area contributed by atoms with Crippen LogP contribution in [0.2, 0.25) is 0 Å². The van der Waals surface area contributed by atoms with Gasteiger partial charge in [0.15, 0.2) is 0 Å². The Balaban J connectivity index is 2.38. The second-order valence-electron chi connectivity index (χ2n) is 3.75. The molecule has 0 unspecified atom stereocenters. The van der Waals surface area contributed by atoms with Crippen molar-refractivity contribution in [1.82, 2.24) is 0 Å². The Morgan fingerprint density at radius 2 is 1.94 bits per heavy atom. The lowest BCUT2D eigenvalue weighted by atomic mass is 10.1. The van der Waals surface area contributed by atoms with E-state index >= 15 is 0 Å². The second kappa shape index (κ2) is 4.23. The Morgan fingerprint density at radius 1 is 1.12 bits per heavy atom. The van der Waals surface area contributed by atoms with Crippen LogP contribution in [0, 0.1) is 13.8 Å². The molecule has 0 amide bonds. The van der Waals surface area contributed by atoms with Gasteiger partial charge in [0.05, 0.1) is 0 Å². The largest absolute Gasteiger partial charge is 0.455 e. The molecule has 0 saturated carbocycles. The second-order valence-corrected chi connectivity index (χ2v) is 3.75. The van der Waals surface area contributed by atoms with Gasteiger partial charge in [0, 0.05) is 5.56 Å². The first kappa shape index (κ1) is 10.5. The molecule has 3 nitrogen and oxygen atoms in total. The molecule has 0 atom stereocenters. The fourth-order valence-corrected chi connectivity index (χ4v) is 1.53. The maximum absolute atomic E-state index is 8.39. The number of rotatable bonds is 2. The van der Waals surface area contributed by atoms with Crippen molar-refractivity contribution in [2.24, 2.45) is 5.16 Å². The molecule has 0 fully saturated rings. The van der Waals surface area contributed by atoms with E-state index in [0.29, 0.717) is 5.76 Å². The molecule has 0 aliphatic heterocycles. The van der Waals surface area contributed by atoms with Crippen LogP contribution in [0.1, 0.15) is 16.9 Å². The fourth-order valence-electron chi connectivity index (χ4n) is 1.53. The quantitative estimate of drug-likeness (QED) is 0.474. The summed E-state index contributed by atoms with van der Waals surface area (Å²) in [4.78, 5) is 0. The molecule has 1 aromatic carbocycles. The average Bonchev–Trinajstić information content (AvgIpc) is 2.71. The van der Waals surface area contributed by atoms with Gasteiger partial charge in [0.25, 0.3) is 0 Å². The highest BCUT2D eigenvalue weighted by atomic mass is 16.4. The lowest BCUT2D eigenvalue weighted by Gasteiger charge is -2.02. The van der Waals surface area contributed by atoms with Gasteiger partial charge in [-0.2, -0.15) is 0 Å². The normalized spacial score (nSPS) is 11.1. The fraction of sp³-hybridized carbons (Fsp3) is 0.154. The van der Waals surface area contributed by atoms with Gasteiger partial charge in [0.1, 0.15) is 17.7 Å². The summed E-state index contributed by atoms with van der Waals surface area (Å²) in [7, 11) is 0. The number of hydrogen-bond acceptors (Lipinski definition) is 3. The van der Waals surface area contributed by atoms with Crippen molar-refractivity contribution in [2.75, 3.05) is 0 Å². The molecule has 2 rings (SSSR count). The first-order valence-electron chi connectivity index (χ1n) is 5.05. The lowest BCUT2D eigenvalue weighted by molar-refractivity contribution is 0.321. The zero-order valence-electron chi connectivity index (χ0n) is 9.27. The van der Waals surface area contributed by atoms with E-state index in [1.54, 1.807) is 6.07 Å². The minimum atomic E-state index is 0.538. The van der Waals surface area contributed by atoms with Crippen LogP contribution in [0.3, 0.4) is 0 Å². The van der Waals surface area contributed by atoms with Gasteiger partial charge < -0.3 is 9.62 Å². The number of nitrogens with zero attached hydrogens (tertiary/aromatic N) is 1. The standard InChI is InChI=1S/C13H13NO2/c1-9-3-4-11(7-10(9)2)13-6-5-12(16-13)8-14-15/h3-8,15H,1-2H3/b14-8+. The van der Waals surface area contributed by atoms with Crippen molar-refractivity contribution >= 4 is 6.21 Å². The number of benzene rings is 1. The van der Waals surface area contributed by atoms with Crippen molar-refractivity contribution in [3.63, 3.8) is 0 Å². The lowest BCUT2D eigenvalue weighted by Crippen LogP contribution is -1.81. The molecule has 16 heavy (non-hydrogen) atoms. The van der Waals surface area contributed by atoms with Crippen molar-refractivity contribution in [1.29, 1.82) is 0 Å². The van der Waals surface area contributed by atoms with Crippen LogP contribution in [-0.2, 0) is 0 Å². The summed E-state index contributed by atoms with van der Waals surface area (Å²) in [5.41, 5.74) is 3.51. The highest BCUT2D eigenvalue weighted by Gasteiger charge is 2.04. The molecule has 0 saturated heterocycles. The monoisotopic (exact) mass is 215 g/mol. The van der Waals surface area contributed by atoms with Crippen LogP contribution in [0.15, 0.2) is 39.9 Å². The summed E-state index contributed by atoms with van der Waals surface area (Å²) in [5, 5.41) is 11.3. The van der Waals surface area contributed by atoms with Crippen molar-refractivity contribution in [2.45, 2.75) is 13.8 Å². The SMILES string of the molecule is Cc1ccc(-c2ccc(/C=N/O)o2)cc1C. The first-order valence-corrected chi connectivity index (χ1v) is 5.05. The highest BCUT2D eigenvalue weighted by molar-refractivity contribution is 5.76. The third-order valence-electron chi connectivity index (χ3n) is 2.60. The maximum atomic E-state index is 8.39. The zero-order chi connectivity index (χ0) is 11.5. The number of aryl methyl sites for hydroxylation is 2. The van der Waals surface area contributed by atoms with Crippen molar-refractivity contribution in [3.05, 3.63) is 47.2 Å². The van der Waals surface area contributed by atoms with Crippen LogP contribution in [-0.4, -0.2) is 11.4 Å². The molecule has 82 valence electrons. The third-order valence-corrected chi connectivity index (χ3v) is 2.60. The topological polar surface area (TPSA) is 45.7 Å². The summed E-state index contributed by atoms with van der Waals surface area (Å²) in [5.74, 6) is 1.31. The predicted octanol–water partition coefficient (Wildman–Crippen LogP) is 3.37. The summed E-state index contributed by atoms with van der Waals surface area (Å²) >= 11 is 0. The summed E-state index contributed by atoms with van der Waals surface area (Å²) in [6.07, 6.45) is 1.27. The minimum absolute atomic E-state index is 0.538. The Labute approximate surface area is 94.0 Å². The molecule has 0 radical (unpaired) electrons. The van der Waals surface area contributed by atoms with Gasteiger partial charge in [-0.05, 0) is 43.2 Å². The Hall–Kier alpha value is -2.03. The van der Waals surface area contributed by atoms with Gasteiger partial charge in [-0.1, -0.05) is 17.3 Å². The van der Waals surface area contributed by atoms with Crippen molar-refractivity contribution < 1.29 is 9.62 Å². The van der Waals surface area contributed by atoms with E-state index in [2.05, 4.69) is 31.1 Å². The van der Waals surface area contributed by atoms with Gasteiger partial charge in [-0.25, -0.2) is 0 Å². The van der Waals surface area contributed by atoms with E-state index < -0.39 is 0 Å². The smallest absolute Gasteiger partial charge is 0.149 e. The Bertz CT molecular complexity index is 526. The Kier molecular flexibility index (Phi) is 2.77. The number of hydrogen-bond donors (Lipinski definition) is 1. The number of oxime groups is 1. The molecule has 0 bridgehead atoms. The first-order chi connectivity index (χ1) is 7.70. The molecule has 1 aromatic heterocycles. The van der Waals surface area contributed by atoms with Crippen LogP contribution in [0.4, 0.5) is 0 Å². The van der Waals surface area contributed by atoms with Crippen LogP contribution >= 0.6 is 0 Å². The molecular formula is C13H13NO2. The molecule has 1 N–H and O–H groups in total. The zero-order valence-corrected chi connectivity index (χ0v) is 9.27. The third kappa shape index (κ3) is 1.98. The highest BCUT2D eigenvalue weighted by Crippen LogP contribution is 2.23. The van der Waals surface area contributed by atoms with Gasteiger partial charge in [-0.3, -0.25) is 0 Å². The van der Waals surface area contributed by atoms with Crippen LogP contribution in [0.5, 0.6) is 0 Å². The van der Waals surface area contributed by atoms with E-state index in [1.165, 1.54) is 17.3 Å². The van der Waals surface area contributed by atoms with E-state index in [9.17, 15) is 0 Å². The molecule has 0 aliphatic carbocycles. The average molecular weight is 215 g/mol. The van der Waals surface area contributed by atoms with Crippen molar-refractivity contribution in [3.8, 4) is 11.3 Å². The maximum Gasteiger partial charge on any atom is 0.149 e. The number of furan rings is 1. The summed E-state index contributed by atoms with van der Waals surface area (Å²) in [6, 6.07) is 9.79. The molecule has 3 heteroatoms. The summed E-state index contributed by atoms with van der Waals surface area (Å²) in [6.45, 7) is 4.14. The summed E-state index contributed by atoms with van der Waals surface area (Å²) < 4.78 is 5.50. The molecule has 1 heterocycles. The predicted molar refractivity (Wildman–Crippen MR) is 63.0 cm³/mol.